The highest BCUT2D eigenvalue weighted by molar-refractivity contribution is 5.97. The molecule has 1 heterocycles. The first kappa shape index (κ1) is 20.5. The van der Waals surface area contributed by atoms with Crippen LogP contribution in [0.4, 0.5) is 0 Å². The number of nitriles is 1. The zero-order valence-corrected chi connectivity index (χ0v) is 15.6. The number of piperidine rings is 1. The van der Waals surface area contributed by atoms with Gasteiger partial charge >= 0.3 is 5.97 Å². The Hall–Kier alpha value is -2.85. The number of likely N-dealkylation sites (tertiary alicyclic amines) is 1. The van der Waals surface area contributed by atoms with Crippen molar-refractivity contribution >= 4 is 11.9 Å². The van der Waals surface area contributed by atoms with Crippen molar-refractivity contribution in [2.45, 2.75) is 32.9 Å². The molecule has 7 nitrogen and oxygen atoms in total. The van der Waals surface area contributed by atoms with Gasteiger partial charge in [-0.2, -0.15) is 5.26 Å². The second-order valence-electron chi connectivity index (χ2n) is 6.39. The Kier molecular flexibility index (Phi) is 7.83. The van der Waals surface area contributed by atoms with Gasteiger partial charge in [0.25, 0.3) is 5.91 Å². The van der Waals surface area contributed by atoms with E-state index in [0.29, 0.717) is 45.6 Å². The highest BCUT2D eigenvalue weighted by Gasteiger charge is 2.29. The lowest BCUT2D eigenvalue weighted by atomic mass is 9.96. The largest absolute Gasteiger partial charge is 0.466 e. The minimum Gasteiger partial charge on any atom is -0.466 e. The van der Waals surface area contributed by atoms with Crippen molar-refractivity contribution in [3.8, 4) is 6.07 Å². The number of benzene rings is 1. The maximum absolute atomic E-state index is 12.5. The molecule has 1 amide bonds. The third-order valence-corrected chi connectivity index (χ3v) is 4.53. The summed E-state index contributed by atoms with van der Waals surface area (Å²) in [5, 5.41) is 12.3. The molecule has 1 fully saturated rings. The molecular formula is C20H26N4O3. The van der Waals surface area contributed by atoms with Gasteiger partial charge in [-0.3, -0.25) is 9.59 Å². The van der Waals surface area contributed by atoms with Crippen molar-refractivity contribution in [3.63, 3.8) is 0 Å². The summed E-state index contributed by atoms with van der Waals surface area (Å²) in [4.78, 5) is 25.9. The molecule has 1 aromatic rings. The molecule has 1 aromatic carbocycles. The third kappa shape index (κ3) is 5.83. The number of nitrogens with zero attached hydrogens (tertiary/aromatic N) is 2. The Morgan fingerprint density at radius 3 is 2.70 bits per heavy atom. The van der Waals surface area contributed by atoms with Crippen LogP contribution in [0, 0.1) is 17.2 Å². The van der Waals surface area contributed by atoms with Crippen LogP contribution in [0.2, 0.25) is 0 Å². The van der Waals surface area contributed by atoms with Gasteiger partial charge in [0.2, 0.25) is 0 Å². The van der Waals surface area contributed by atoms with Crippen LogP contribution in [0.15, 0.2) is 36.0 Å². The van der Waals surface area contributed by atoms with Crippen molar-refractivity contribution < 1.29 is 14.3 Å². The average Bonchev–Trinajstić information content (AvgIpc) is 2.71. The molecule has 2 rings (SSSR count). The van der Waals surface area contributed by atoms with Gasteiger partial charge < -0.3 is 20.7 Å². The Labute approximate surface area is 159 Å². The molecule has 3 N–H and O–H groups in total. The van der Waals surface area contributed by atoms with E-state index in [4.69, 9.17) is 10.5 Å². The third-order valence-electron chi connectivity index (χ3n) is 4.53. The number of carbonyl (C=O) groups is 2. The normalized spacial score (nSPS) is 15.1. The second kappa shape index (κ2) is 10.3. The first-order valence-electron chi connectivity index (χ1n) is 9.16. The molecule has 0 saturated carbocycles. The number of ether oxygens (including phenoxy) is 1. The summed E-state index contributed by atoms with van der Waals surface area (Å²) >= 11 is 0. The number of hydrogen-bond acceptors (Lipinski definition) is 6. The lowest BCUT2D eigenvalue weighted by molar-refractivity contribution is -0.150. The summed E-state index contributed by atoms with van der Waals surface area (Å²) in [5.41, 5.74) is 7.73. The topological polar surface area (TPSA) is 108 Å². The molecule has 144 valence electrons. The van der Waals surface area contributed by atoms with Crippen LogP contribution >= 0.6 is 0 Å². The molecule has 1 saturated heterocycles. The van der Waals surface area contributed by atoms with Crippen molar-refractivity contribution in [1.82, 2.24) is 10.2 Å². The van der Waals surface area contributed by atoms with Gasteiger partial charge in [-0.25, -0.2) is 0 Å². The van der Waals surface area contributed by atoms with Gasteiger partial charge in [-0.1, -0.05) is 24.3 Å². The van der Waals surface area contributed by atoms with E-state index in [1.165, 1.54) is 6.20 Å². The van der Waals surface area contributed by atoms with E-state index in [1.807, 2.05) is 30.3 Å². The van der Waals surface area contributed by atoms with Crippen LogP contribution in [0.25, 0.3) is 0 Å². The van der Waals surface area contributed by atoms with Crippen LogP contribution in [0.3, 0.4) is 0 Å². The van der Waals surface area contributed by atoms with Crippen LogP contribution < -0.4 is 11.1 Å². The first-order chi connectivity index (χ1) is 13.1. The van der Waals surface area contributed by atoms with E-state index in [1.54, 1.807) is 11.8 Å². The monoisotopic (exact) mass is 370 g/mol. The quantitative estimate of drug-likeness (QED) is 0.427. The molecule has 0 atom stereocenters. The van der Waals surface area contributed by atoms with Gasteiger partial charge in [-0.15, -0.1) is 0 Å². The number of esters is 1. The summed E-state index contributed by atoms with van der Waals surface area (Å²) in [6, 6.07) is 9.76. The summed E-state index contributed by atoms with van der Waals surface area (Å²) in [7, 11) is 0. The van der Waals surface area contributed by atoms with Crippen molar-refractivity contribution in [2.75, 3.05) is 19.7 Å². The zero-order chi connectivity index (χ0) is 19.6. The van der Waals surface area contributed by atoms with E-state index < -0.39 is 0 Å². The van der Waals surface area contributed by atoms with Gasteiger partial charge in [0, 0.05) is 32.4 Å². The maximum atomic E-state index is 12.5. The van der Waals surface area contributed by atoms with Crippen molar-refractivity contribution in [3.05, 3.63) is 47.2 Å². The molecule has 0 unspecified atom stereocenters. The average molecular weight is 370 g/mol. The molecule has 0 bridgehead atoms. The zero-order valence-electron chi connectivity index (χ0n) is 15.6. The van der Waals surface area contributed by atoms with E-state index in [-0.39, 0.29) is 23.4 Å². The molecule has 0 radical (unpaired) electrons. The summed E-state index contributed by atoms with van der Waals surface area (Å²) in [6.45, 7) is 3.99. The Morgan fingerprint density at radius 2 is 2.07 bits per heavy atom. The van der Waals surface area contributed by atoms with E-state index in [0.717, 1.165) is 11.1 Å². The first-order valence-corrected chi connectivity index (χ1v) is 9.16. The van der Waals surface area contributed by atoms with Crippen LogP contribution in [0.1, 0.15) is 30.9 Å². The minimum absolute atomic E-state index is 0.0552. The lowest BCUT2D eigenvalue weighted by Gasteiger charge is -2.30. The molecule has 0 spiro atoms. The predicted octanol–water partition coefficient (Wildman–Crippen LogP) is 1.44. The highest BCUT2D eigenvalue weighted by Crippen LogP contribution is 2.20. The number of nitrogens with two attached hydrogens (primary N) is 1. The standard InChI is InChI=1S/C20H26N4O3/c1-2-27-20(26)17-6-8-24(9-7-17)19(25)18(12-22)14-23-13-16-5-3-4-15(10-16)11-21/h3-5,10,14,17,23H,2,6-9,11,13,21H2,1H3/b18-14-. The van der Waals surface area contributed by atoms with Gasteiger partial charge in [0.05, 0.1) is 12.5 Å². The Morgan fingerprint density at radius 1 is 1.37 bits per heavy atom. The molecule has 7 heteroatoms. The van der Waals surface area contributed by atoms with E-state index >= 15 is 0 Å². The number of amides is 1. The molecule has 1 aliphatic heterocycles. The number of hydrogen-bond donors (Lipinski definition) is 2. The molecule has 0 aliphatic carbocycles. The van der Waals surface area contributed by atoms with Crippen LogP contribution in [-0.2, 0) is 27.4 Å². The number of carbonyl (C=O) groups excluding carboxylic acids is 2. The fourth-order valence-corrected chi connectivity index (χ4v) is 3.03. The van der Waals surface area contributed by atoms with Crippen molar-refractivity contribution in [1.29, 1.82) is 5.26 Å². The van der Waals surface area contributed by atoms with Gasteiger partial charge in [0.15, 0.2) is 0 Å². The van der Waals surface area contributed by atoms with E-state index in [2.05, 4.69) is 5.32 Å². The van der Waals surface area contributed by atoms with Gasteiger partial charge in [-0.05, 0) is 30.9 Å². The molecule has 27 heavy (non-hydrogen) atoms. The fraction of sp³-hybridized carbons (Fsp3) is 0.450. The summed E-state index contributed by atoms with van der Waals surface area (Å²) < 4.78 is 5.03. The molecule has 0 aromatic heterocycles. The van der Waals surface area contributed by atoms with Gasteiger partial charge in [0.1, 0.15) is 11.6 Å². The second-order valence-corrected chi connectivity index (χ2v) is 6.39. The number of nitrogens with one attached hydrogen (secondary N) is 1. The predicted molar refractivity (Wildman–Crippen MR) is 101 cm³/mol. The molecule has 1 aliphatic rings. The smallest absolute Gasteiger partial charge is 0.309 e. The minimum atomic E-state index is -0.317. The van der Waals surface area contributed by atoms with Crippen molar-refractivity contribution in [2.24, 2.45) is 11.7 Å². The lowest BCUT2D eigenvalue weighted by Crippen LogP contribution is -2.41. The summed E-state index contributed by atoms with van der Waals surface area (Å²) in [5.74, 6) is -0.693. The van der Waals surface area contributed by atoms with E-state index in [9.17, 15) is 14.9 Å². The molecular weight excluding hydrogens is 344 g/mol. The summed E-state index contributed by atoms with van der Waals surface area (Å²) in [6.07, 6.45) is 2.57. The van der Waals surface area contributed by atoms with Crippen LogP contribution in [0.5, 0.6) is 0 Å². The Balaban J connectivity index is 1.89. The maximum Gasteiger partial charge on any atom is 0.309 e. The highest BCUT2D eigenvalue weighted by atomic mass is 16.5. The Bertz CT molecular complexity index is 731. The number of rotatable bonds is 7. The van der Waals surface area contributed by atoms with Crippen LogP contribution in [-0.4, -0.2) is 36.5 Å². The fourth-order valence-electron chi connectivity index (χ4n) is 3.03. The SMILES string of the molecule is CCOC(=O)C1CCN(C(=O)/C(C#N)=C\NCc2cccc(CN)c2)CC1.